The molecule has 0 saturated carbocycles. The standard InChI is InChI=1S/C17H16FNO/c18-15-8-4-7-14(11-15)17-12-16(20-19-17)10-9-13-5-2-1-3-6-13/h1-8,11,16H,9-10,12H2. The topological polar surface area (TPSA) is 21.6 Å². The first-order valence-corrected chi connectivity index (χ1v) is 6.84. The van der Waals surface area contributed by atoms with E-state index in [0.717, 1.165) is 30.5 Å². The third-order valence-electron chi connectivity index (χ3n) is 3.49. The molecular weight excluding hydrogens is 253 g/mol. The second kappa shape index (κ2) is 5.87. The lowest BCUT2D eigenvalue weighted by Gasteiger charge is -2.07. The van der Waals surface area contributed by atoms with Gasteiger partial charge in [-0.05, 0) is 30.5 Å². The van der Waals surface area contributed by atoms with Gasteiger partial charge in [0.1, 0.15) is 11.9 Å². The maximum atomic E-state index is 13.2. The molecule has 1 unspecified atom stereocenters. The highest BCUT2D eigenvalue weighted by Crippen LogP contribution is 2.21. The fourth-order valence-corrected chi connectivity index (χ4v) is 2.39. The number of hydrogen-bond acceptors (Lipinski definition) is 2. The molecule has 0 saturated heterocycles. The number of benzene rings is 2. The van der Waals surface area contributed by atoms with E-state index in [0.29, 0.717) is 0 Å². The molecule has 3 heteroatoms. The second-order valence-corrected chi connectivity index (χ2v) is 5.00. The van der Waals surface area contributed by atoms with Gasteiger partial charge in [0.25, 0.3) is 0 Å². The summed E-state index contributed by atoms with van der Waals surface area (Å²) < 4.78 is 13.2. The van der Waals surface area contributed by atoms with Gasteiger partial charge in [-0.15, -0.1) is 0 Å². The Hall–Kier alpha value is -2.16. The van der Waals surface area contributed by atoms with Gasteiger partial charge in [0.15, 0.2) is 0 Å². The Morgan fingerprint density at radius 2 is 1.95 bits per heavy atom. The van der Waals surface area contributed by atoms with E-state index in [4.69, 9.17) is 4.84 Å². The minimum atomic E-state index is -0.238. The Labute approximate surface area is 117 Å². The van der Waals surface area contributed by atoms with E-state index >= 15 is 0 Å². The van der Waals surface area contributed by atoms with Crippen molar-refractivity contribution in [2.24, 2.45) is 5.16 Å². The summed E-state index contributed by atoms with van der Waals surface area (Å²) in [5.74, 6) is -0.238. The molecule has 1 aliphatic heterocycles. The lowest BCUT2D eigenvalue weighted by molar-refractivity contribution is 0.0794. The van der Waals surface area contributed by atoms with Crippen LogP contribution in [-0.2, 0) is 11.3 Å². The summed E-state index contributed by atoms with van der Waals surface area (Å²) in [6.45, 7) is 0. The summed E-state index contributed by atoms with van der Waals surface area (Å²) in [5, 5.41) is 4.09. The van der Waals surface area contributed by atoms with Crippen molar-refractivity contribution in [1.82, 2.24) is 0 Å². The fourth-order valence-electron chi connectivity index (χ4n) is 2.39. The first-order chi connectivity index (χ1) is 9.81. The smallest absolute Gasteiger partial charge is 0.133 e. The zero-order valence-electron chi connectivity index (χ0n) is 11.1. The highest BCUT2D eigenvalue weighted by Gasteiger charge is 2.22. The summed E-state index contributed by atoms with van der Waals surface area (Å²) in [7, 11) is 0. The molecule has 20 heavy (non-hydrogen) atoms. The minimum absolute atomic E-state index is 0.0912. The number of rotatable bonds is 4. The van der Waals surface area contributed by atoms with Crippen LogP contribution in [0.2, 0.25) is 0 Å². The molecule has 2 nitrogen and oxygen atoms in total. The summed E-state index contributed by atoms with van der Waals surface area (Å²) >= 11 is 0. The zero-order chi connectivity index (χ0) is 13.8. The predicted octanol–water partition coefficient (Wildman–Crippen LogP) is 3.95. The van der Waals surface area contributed by atoms with Crippen molar-refractivity contribution in [3.63, 3.8) is 0 Å². The third-order valence-corrected chi connectivity index (χ3v) is 3.49. The van der Waals surface area contributed by atoms with Crippen LogP contribution in [0.1, 0.15) is 24.0 Å². The number of oxime groups is 1. The summed E-state index contributed by atoms with van der Waals surface area (Å²) in [6.07, 6.45) is 2.73. The summed E-state index contributed by atoms with van der Waals surface area (Å²) in [4.78, 5) is 5.45. The van der Waals surface area contributed by atoms with E-state index in [1.165, 1.54) is 17.7 Å². The monoisotopic (exact) mass is 269 g/mol. The molecule has 0 N–H and O–H groups in total. The van der Waals surface area contributed by atoms with Crippen LogP contribution < -0.4 is 0 Å². The van der Waals surface area contributed by atoms with Gasteiger partial charge in [-0.3, -0.25) is 0 Å². The molecule has 0 spiro atoms. The molecule has 1 heterocycles. The van der Waals surface area contributed by atoms with Gasteiger partial charge in [-0.1, -0.05) is 47.6 Å². The van der Waals surface area contributed by atoms with E-state index in [9.17, 15) is 4.39 Å². The molecule has 2 aromatic rings. The van der Waals surface area contributed by atoms with Crippen molar-refractivity contribution in [3.8, 4) is 0 Å². The highest BCUT2D eigenvalue weighted by atomic mass is 19.1. The van der Waals surface area contributed by atoms with Gasteiger partial charge in [0, 0.05) is 12.0 Å². The highest BCUT2D eigenvalue weighted by molar-refractivity contribution is 6.01. The van der Waals surface area contributed by atoms with Crippen LogP contribution in [-0.4, -0.2) is 11.8 Å². The van der Waals surface area contributed by atoms with Crippen LogP contribution in [0.5, 0.6) is 0 Å². The van der Waals surface area contributed by atoms with E-state index in [-0.39, 0.29) is 11.9 Å². The van der Waals surface area contributed by atoms with Crippen LogP contribution >= 0.6 is 0 Å². The SMILES string of the molecule is Fc1cccc(C2=NOC(CCc3ccccc3)C2)c1. The number of halogens is 1. The largest absolute Gasteiger partial charge is 0.392 e. The normalized spacial score (nSPS) is 17.6. The Bertz CT molecular complexity index is 609. The van der Waals surface area contributed by atoms with Crippen LogP contribution in [0.4, 0.5) is 4.39 Å². The average molecular weight is 269 g/mol. The van der Waals surface area contributed by atoms with Gasteiger partial charge in [0.05, 0.1) is 5.71 Å². The quantitative estimate of drug-likeness (QED) is 0.823. The number of hydrogen-bond donors (Lipinski definition) is 0. The molecular formula is C17H16FNO. The Balaban J connectivity index is 1.56. The van der Waals surface area contributed by atoms with E-state index in [1.54, 1.807) is 6.07 Å². The van der Waals surface area contributed by atoms with Crippen LogP contribution in [0, 0.1) is 5.82 Å². The second-order valence-electron chi connectivity index (χ2n) is 5.00. The van der Waals surface area contributed by atoms with Crippen molar-refractivity contribution in [3.05, 3.63) is 71.5 Å². The first kappa shape index (κ1) is 12.9. The molecule has 1 atom stereocenters. The average Bonchev–Trinajstić information content (AvgIpc) is 2.95. The van der Waals surface area contributed by atoms with Gasteiger partial charge in [-0.2, -0.15) is 0 Å². The van der Waals surface area contributed by atoms with Crippen LogP contribution in [0.25, 0.3) is 0 Å². The van der Waals surface area contributed by atoms with Crippen molar-refractivity contribution >= 4 is 5.71 Å². The fraction of sp³-hybridized carbons (Fsp3) is 0.235. The Morgan fingerprint density at radius 1 is 1.10 bits per heavy atom. The Morgan fingerprint density at radius 3 is 2.75 bits per heavy atom. The zero-order valence-corrected chi connectivity index (χ0v) is 11.1. The molecule has 3 rings (SSSR count). The maximum absolute atomic E-state index is 13.2. The number of nitrogens with zero attached hydrogens (tertiary/aromatic N) is 1. The predicted molar refractivity (Wildman–Crippen MR) is 77.2 cm³/mol. The van der Waals surface area contributed by atoms with Gasteiger partial charge in [0.2, 0.25) is 0 Å². The van der Waals surface area contributed by atoms with E-state index in [1.807, 2.05) is 24.3 Å². The van der Waals surface area contributed by atoms with Crippen molar-refractivity contribution in [2.45, 2.75) is 25.4 Å². The third kappa shape index (κ3) is 3.05. The van der Waals surface area contributed by atoms with Crippen LogP contribution in [0.15, 0.2) is 59.8 Å². The lowest BCUT2D eigenvalue weighted by Crippen LogP contribution is -2.09. The molecule has 0 radical (unpaired) electrons. The molecule has 0 aliphatic carbocycles. The van der Waals surface area contributed by atoms with Gasteiger partial charge in [-0.25, -0.2) is 4.39 Å². The molecule has 2 aromatic carbocycles. The van der Waals surface area contributed by atoms with Crippen molar-refractivity contribution in [1.29, 1.82) is 0 Å². The van der Waals surface area contributed by atoms with Gasteiger partial charge >= 0.3 is 0 Å². The summed E-state index contributed by atoms with van der Waals surface area (Å²) in [6, 6.07) is 16.8. The first-order valence-electron chi connectivity index (χ1n) is 6.84. The van der Waals surface area contributed by atoms with E-state index < -0.39 is 0 Å². The molecule has 0 aromatic heterocycles. The molecule has 0 fully saturated rings. The summed E-state index contributed by atoms with van der Waals surface area (Å²) in [5.41, 5.74) is 2.95. The Kier molecular flexibility index (Phi) is 3.77. The number of aryl methyl sites for hydroxylation is 1. The van der Waals surface area contributed by atoms with Crippen molar-refractivity contribution < 1.29 is 9.23 Å². The minimum Gasteiger partial charge on any atom is -0.392 e. The van der Waals surface area contributed by atoms with Crippen molar-refractivity contribution in [2.75, 3.05) is 0 Å². The molecule has 0 amide bonds. The molecule has 102 valence electrons. The molecule has 0 bridgehead atoms. The van der Waals surface area contributed by atoms with E-state index in [2.05, 4.69) is 17.3 Å². The maximum Gasteiger partial charge on any atom is 0.133 e. The van der Waals surface area contributed by atoms with Crippen LogP contribution in [0.3, 0.4) is 0 Å². The molecule has 1 aliphatic rings. The van der Waals surface area contributed by atoms with Gasteiger partial charge < -0.3 is 4.84 Å². The lowest BCUT2D eigenvalue weighted by atomic mass is 10.0.